The number of methoxy groups -OCH3 is 2. The Labute approximate surface area is 234 Å². The van der Waals surface area contributed by atoms with Gasteiger partial charge in [0.2, 0.25) is 0 Å². The van der Waals surface area contributed by atoms with E-state index in [9.17, 15) is 9.59 Å². The second-order valence-electron chi connectivity index (χ2n) is 11.6. The third-order valence-corrected chi connectivity index (χ3v) is 9.51. The first-order valence-corrected chi connectivity index (χ1v) is 14.4. The second-order valence-corrected chi connectivity index (χ2v) is 12.0. The van der Waals surface area contributed by atoms with Gasteiger partial charge in [0.15, 0.2) is 6.29 Å². The fourth-order valence-corrected chi connectivity index (χ4v) is 7.32. The van der Waals surface area contributed by atoms with Gasteiger partial charge in [0.25, 0.3) is 0 Å². The lowest BCUT2D eigenvalue weighted by atomic mass is 9.67. The van der Waals surface area contributed by atoms with Crippen molar-refractivity contribution in [3.63, 3.8) is 0 Å². The van der Waals surface area contributed by atoms with Gasteiger partial charge in [-0.05, 0) is 85.4 Å². The van der Waals surface area contributed by atoms with Crippen LogP contribution in [0.3, 0.4) is 0 Å². The molecule has 1 spiro atoms. The average Bonchev–Trinajstić information content (AvgIpc) is 3.07. The number of ketones is 1. The van der Waals surface area contributed by atoms with Crippen molar-refractivity contribution in [2.45, 2.75) is 62.8 Å². The Morgan fingerprint density at radius 1 is 1.15 bits per heavy atom. The van der Waals surface area contributed by atoms with E-state index in [1.807, 2.05) is 18.2 Å². The summed E-state index contributed by atoms with van der Waals surface area (Å²) in [4.78, 5) is 27.3. The smallest absolute Gasteiger partial charge is 0.337 e. The summed E-state index contributed by atoms with van der Waals surface area (Å²) < 4.78 is 23.2. The van der Waals surface area contributed by atoms with Crippen molar-refractivity contribution in [3.05, 3.63) is 58.1 Å². The van der Waals surface area contributed by atoms with Crippen LogP contribution >= 0.6 is 11.6 Å². The lowest BCUT2D eigenvalue weighted by Gasteiger charge is -2.47. The van der Waals surface area contributed by atoms with Gasteiger partial charge in [0, 0.05) is 37.1 Å². The zero-order valence-electron chi connectivity index (χ0n) is 22.6. The van der Waals surface area contributed by atoms with Gasteiger partial charge in [-0.2, -0.15) is 0 Å². The van der Waals surface area contributed by atoms with E-state index in [1.165, 1.54) is 18.2 Å². The Kier molecular flexibility index (Phi) is 7.34. The summed E-state index contributed by atoms with van der Waals surface area (Å²) in [5.74, 6) is 1.26. The first-order chi connectivity index (χ1) is 18.9. The minimum absolute atomic E-state index is 0.120. The molecule has 2 aromatic rings. The van der Waals surface area contributed by atoms with Crippen LogP contribution in [-0.2, 0) is 30.8 Å². The maximum Gasteiger partial charge on any atom is 0.337 e. The van der Waals surface area contributed by atoms with Crippen molar-refractivity contribution in [1.29, 1.82) is 0 Å². The predicted octanol–water partition coefficient (Wildman–Crippen LogP) is 5.35. The Morgan fingerprint density at radius 3 is 2.79 bits per heavy atom. The Balaban J connectivity index is 1.34. The number of aryl methyl sites for hydroxylation is 1. The number of Topliss-reactive ketones (excluding diaryl/α,β-unsaturated/α-hetero) is 1. The Morgan fingerprint density at radius 2 is 2.03 bits per heavy atom. The number of halogens is 1. The fraction of sp³-hybridized carbons (Fsp3) is 0.548. The monoisotopic (exact) mass is 553 g/mol. The molecule has 5 atom stereocenters. The topological polar surface area (TPSA) is 74.3 Å². The molecule has 4 aliphatic rings. The quantitative estimate of drug-likeness (QED) is 0.462. The molecule has 0 radical (unpaired) electrons. The summed E-state index contributed by atoms with van der Waals surface area (Å²) in [5.41, 5.74) is 3.82. The van der Waals surface area contributed by atoms with Crippen LogP contribution in [0.25, 0.3) is 0 Å². The van der Waals surface area contributed by atoms with Gasteiger partial charge < -0.3 is 23.8 Å². The van der Waals surface area contributed by atoms with Crippen molar-refractivity contribution in [3.8, 4) is 5.75 Å². The number of anilines is 1. The highest BCUT2D eigenvalue weighted by Gasteiger charge is 2.46. The molecule has 8 heteroatoms. The van der Waals surface area contributed by atoms with Gasteiger partial charge in [0.1, 0.15) is 11.5 Å². The first-order valence-electron chi connectivity index (χ1n) is 14.0. The maximum atomic E-state index is 12.5. The Bertz CT molecular complexity index is 1270. The molecule has 2 heterocycles. The average molecular weight is 554 g/mol. The summed E-state index contributed by atoms with van der Waals surface area (Å²) in [5, 5.41) is 0.761. The lowest BCUT2D eigenvalue weighted by molar-refractivity contribution is -0.204. The van der Waals surface area contributed by atoms with Crippen LogP contribution in [0.2, 0.25) is 5.02 Å². The second kappa shape index (κ2) is 10.8. The number of carbonyl (C=O) groups excluding carboxylic acids is 2. The van der Waals surface area contributed by atoms with Crippen LogP contribution in [-0.4, -0.2) is 58.1 Å². The molecule has 2 aliphatic heterocycles. The van der Waals surface area contributed by atoms with E-state index in [4.69, 9.17) is 30.5 Å². The maximum absolute atomic E-state index is 12.5. The number of benzene rings is 2. The third kappa shape index (κ3) is 5.05. The minimum Gasteiger partial charge on any atom is -0.490 e. The molecule has 2 aromatic carbocycles. The van der Waals surface area contributed by atoms with Gasteiger partial charge in [-0.15, -0.1) is 0 Å². The number of carbonyl (C=O) groups is 2. The third-order valence-electron chi connectivity index (χ3n) is 9.28. The van der Waals surface area contributed by atoms with Gasteiger partial charge in [0.05, 0.1) is 37.5 Å². The van der Waals surface area contributed by atoms with E-state index in [0.29, 0.717) is 30.9 Å². The number of hydrogen-bond acceptors (Lipinski definition) is 7. The van der Waals surface area contributed by atoms with Gasteiger partial charge in [-0.25, -0.2) is 4.79 Å². The zero-order valence-corrected chi connectivity index (χ0v) is 23.4. The van der Waals surface area contributed by atoms with E-state index in [-0.39, 0.29) is 29.2 Å². The molecule has 0 unspecified atom stereocenters. The van der Waals surface area contributed by atoms with Crippen molar-refractivity contribution >= 4 is 29.0 Å². The molecular formula is C31H36ClNO6. The number of esters is 1. The molecule has 7 nitrogen and oxygen atoms in total. The summed E-state index contributed by atoms with van der Waals surface area (Å²) in [7, 11) is 3.00. The summed E-state index contributed by atoms with van der Waals surface area (Å²) in [6.45, 7) is 2.13. The summed E-state index contributed by atoms with van der Waals surface area (Å²) in [6, 6.07) is 11.8. The standard InChI is InChI=1S/C31H36ClNO6/c1-36-29-15-23(34)14-28(39-29)24-8-5-21(24)16-33-17-31(11-3-4-19-12-22(32)7-9-25(19)31)18-38-27-10-6-20(13-26(27)33)30(35)37-2/h6-7,9-10,12-13,21,24,28-29H,3-5,8,11,14-18H2,1-2H3/t21-,24+,28+,29+,31+/m1/s1. The number of nitrogens with zero attached hydrogens (tertiary/aromatic N) is 1. The summed E-state index contributed by atoms with van der Waals surface area (Å²) in [6.07, 6.45) is 5.39. The highest BCUT2D eigenvalue weighted by molar-refractivity contribution is 6.30. The van der Waals surface area contributed by atoms with Crippen LogP contribution in [0.1, 0.15) is 60.0 Å². The predicted molar refractivity (Wildman–Crippen MR) is 148 cm³/mol. The summed E-state index contributed by atoms with van der Waals surface area (Å²) >= 11 is 6.38. The van der Waals surface area contributed by atoms with Gasteiger partial charge >= 0.3 is 5.97 Å². The number of fused-ring (bicyclic) bond motifs is 3. The molecular weight excluding hydrogens is 518 g/mol. The molecule has 208 valence electrons. The van der Waals surface area contributed by atoms with E-state index in [1.54, 1.807) is 13.2 Å². The minimum atomic E-state index is -0.457. The zero-order chi connectivity index (χ0) is 27.1. The molecule has 2 fully saturated rings. The first kappa shape index (κ1) is 26.6. The van der Waals surface area contributed by atoms with Crippen molar-refractivity contribution < 1.29 is 28.5 Å². The lowest BCUT2D eigenvalue weighted by Crippen LogP contribution is -2.51. The fourth-order valence-electron chi connectivity index (χ4n) is 7.13. The molecule has 6 rings (SSSR count). The van der Waals surface area contributed by atoms with Gasteiger partial charge in [-0.1, -0.05) is 17.7 Å². The van der Waals surface area contributed by atoms with Crippen LogP contribution in [0.5, 0.6) is 5.75 Å². The van der Waals surface area contributed by atoms with Crippen molar-refractivity contribution in [2.75, 3.05) is 38.8 Å². The number of ether oxygens (including phenoxy) is 4. The largest absolute Gasteiger partial charge is 0.490 e. The molecule has 1 saturated heterocycles. The SMILES string of the molecule is COC(=O)c1ccc2c(c1)N(C[C@H]1CC[C@@H]1[C@@H]1CC(=O)C[C@@H](OC)O1)C[C@@]1(CCCc3cc(Cl)ccc31)CO2. The normalized spacial score (nSPS) is 30.0. The highest BCUT2D eigenvalue weighted by Crippen LogP contribution is 2.47. The molecule has 2 aliphatic carbocycles. The molecule has 0 aromatic heterocycles. The van der Waals surface area contributed by atoms with Crippen molar-refractivity contribution in [2.24, 2.45) is 11.8 Å². The van der Waals surface area contributed by atoms with Gasteiger partial charge in [-0.3, -0.25) is 4.79 Å². The van der Waals surface area contributed by atoms with Crippen LogP contribution in [0.4, 0.5) is 5.69 Å². The van der Waals surface area contributed by atoms with E-state index in [0.717, 1.165) is 61.7 Å². The number of rotatable bonds is 5. The van der Waals surface area contributed by atoms with Crippen LogP contribution < -0.4 is 9.64 Å². The molecule has 0 amide bonds. The van der Waals surface area contributed by atoms with Crippen molar-refractivity contribution in [1.82, 2.24) is 0 Å². The highest BCUT2D eigenvalue weighted by atomic mass is 35.5. The molecule has 1 saturated carbocycles. The molecule has 0 N–H and O–H groups in total. The Hall–Kier alpha value is -2.61. The van der Waals surface area contributed by atoms with E-state index >= 15 is 0 Å². The van der Waals surface area contributed by atoms with E-state index in [2.05, 4.69) is 17.0 Å². The molecule has 0 bridgehead atoms. The van der Waals surface area contributed by atoms with Crippen LogP contribution in [0, 0.1) is 11.8 Å². The number of hydrogen-bond donors (Lipinski definition) is 0. The van der Waals surface area contributed by atoms with E-state index < -0.39 is 6.29 Å². The molecule has 39 heavy (non-hydrogen) atoms. The van der Waals surface area contributed by atoms with Crippen LogP contribution in [0.15, 0.2) is 36.4 Å².